The van der Waals surface area contributed by atoms with E-state index in [-0.39, 0.29) is 5.92 Å². The number of imidazole rings is 1. The highest BCUT2D eigenvalue weighted by molar-refractivity contribution is 5.21. The number of rotatable bonds is 6. The van der Waals surface area contributed by atoms with Crippen molar-refractivity contribution in [3.05, 3.63) is 42.5 Å². The molecular weight excluding hydrogens is 239 g/mol. The van der Waals surface area contributed by atoms with Crippen LogP contribution in [0.3, 0.4) is 0 Å². The van der Waals surface area contributed by atoms with Crippen molar-refractivity contribution in [3.8, 4) is 0 Å². The minimum Gasteiger partial charge on any atom is -0.297 e. The van der Waals surface area contributed by atoms with Crippen LogP contribution in [0.4, 0.5) is 4.39 Å². The average molecular weight is 262 g/mol. The first-order chi connectivity index (χ1) is 9.18. The lowest BCUT2D eigenvalue weighted by Gasteiger charge is -2.31. The number of unbranched alkanes of at least 4 members (excludes halogenated alkanes) is 3. The average Bonchev–Trinajstić information content (AvgIpc) is 2.87. The molecule has 0 fully saturated rings. The molecule has 1 aliphatic carbocycles. The third kappa shape index (κ3) is 2.96. The van der Waals surface area contributed by atoms with Crippen LogP contribution in [0.5, 0.6) is 0 Å². The molecule has 0 bridgehead atoms. The summed E-state index contributed by atoms with van der Waals surface area (Å²) in [5.41, 5.74) is 0.991. The molecule has 0 saturated heterocycles. The normalized spacial score (nSPS) is 25.9. The largest absolute Gasteiger partial charge is 0.297 e. The Kier molecular flexibility index (Phi) is 4.56. The quantitative estimate of drug-likeness (QED) is 0.695. The zero-order chi connectivity index (χ0) is 13.7. The van der Waals surface area contributed by atoms with Gasteiger partial charge in [-0.3, -0.25) is 4.57 Å². The molecule has 0 aliphatic heterocycles. The Morgan fingerprint density at radius 2 is 2.16 bits per heavy atom. The standard InChI is InChI=1S/C16H23FN2/c1-3-4-5-6-10-15-12-18-13-19(15)16(17)11-8-7-9-14(16)2/h7-9,11-14H,3-6,10H2,1-2H3. The molecule has 1 aliphatic rings. The van der Waals surface area contributed by atoms with E-state index >= 15 is 4.39 Å². The van der Waals surface area contributed by atoms with Crippen LogP contribution in [0.1, 0.15) is 45.2 Å². The van der Waals surface area contributed by atoms with Gasteiger partial charge in [0.1, 0.15) is 0 Å². The molecule has 1 aromatic heterocycles. The number of allylic oxidation sites excluding steroid dienone is 4. The van der Waals surface area contributed by atoms with Crippen molar-refractivity contribution in [2.24, 2.45) is 5.92 Å². The van der Waals surface area contributed by atoms with E-state index in [2.05, 4.69) is 11.9 Å². The fourth-order valence-corrected chi connectivity index (χ4v) is 2.56. The lowest BCUT2D eigenvalue weighted by molar-refractivity contribution is 0.0806. The zero-order valence-electron chi connectivity index (χ0n) is 11.8. The summed E-state index contributed by atoms with van der Waals surface area (Å²) in [6.45, 7) is 4.10. The maximum atomic E-state index is 15.2. The van der Waals surface area contributed by atoms with E-state index < -0.39 is 5.79 Å². The zero-order valence-corrected chi connectivity index (χ0v) is 11.8. The minimum absolute atomic E-state index is 0.166. The highest BCUT2D eigenvalue weighted by atomic mass is 19.1. The molecule has 1 aromatic rings. The first-order valence-corrected chi connectivity index (χ1v) is 7.25. The first-order valence-electron chi connectivity index (χ1n) is 7.25. The van der Waals surface area contributed by atoms with Crippen molar-refractivity contribution in [1.29, 1.82) is 0 Å². The molecule has 0 radical (unpaired) electrons. The van der Waals surface area contributed by atoms with Crippen molar-refractivity contribution in [1.82, 2.24) is 9.55 Å². The van der Waals surface area contributed by atoms with Gasteiger partial charge in [-0.15, -0.1) is 0 Å². The van der Waals surface area contributed by atoms with E-state index in [4.69, 9.17) is 0 Å². The van der Waals surface area contributed by atoms with Crippen LogP contribution in [0.25, 0.3) is 0 Å². The van der Waals surface area contributed by atoms with E-state index in [1.54, 1.807) is 29.2 Å². The summed E-state index contributed by atoms with van der Waals surface area (Å²) in [5.74, 6) is -1.63. The molecule has 2 nitrogen and oxygen atoms in total. The Labute approximate surface area is 115 Å². The number of alkyl halides is 1. The number of hydrogen-bond acceptors (Lipinski definition) is 1. The van der Waals surface area contributed by atoms with Crippen LogP contribution in [0.2, 0.25) is 0 Å². The van der Waals surface area contributed by atoms with Crippen LogP contribution >= 0.6 is 0 Å². The fraction of sp³-hybridized carbons (Fsp3) is 0.562. The second-order valence-corrected chi connectivity index (χ2v) is 5.33. The molecule has 0 N–H and O–H groups in total. The molecule has 0 aromatic carbocycles. The predicted octanol–water partition coefficient (Wildman–Crippen LogP) is 4.39. The van der Waals surface area contributed by atoms with Crippen LogP contribution in [-0.2, 0) is 12.2 Å². The SMILES string of the molecule is CCCCCCc1cncn1C1(F)C=CC=CC1C. The number of halogens is 1. The van der Waals surface area contributed by atoms with E-state index in [1.807, 2.05) is 19.1 Å². The molecule has 0 amide bonds. The van der Waals surface area contributed by atoms with Crippen LogP contribution in [-0.4, -0.2) is 9.55 Å². The maximum Gasteiger partial charge on any atom is 0.212 e. The molecule has 3 heteroatoms. The van der Waals surface area contributed by atoms with Crippen LogP contribution in [0.15, 0.2) is 36.8 Å². The summed E-state index contributed by atoms with van der Waals surface area (Å²) in [6, 6.07) is 0. The van der Waals surface area contributed by atoms with Crippen LogP contribution < -0.4 is 0 Å². The minimum atomic E-state index is -1.47. The second-order valence-electron chi connectivity index (χ2n) is 5.33. The van der Waals surface area contributed by atoms with E-state index in [1.165, 1.54) is 19.3 Å². The van der Waals surface area contributed by atoms with Gasteiger partial charge in [-0.1, -0.05) is 51.3 Å². The predicted molar refractivity (Wildman–Crippen MR) is 76.6 cm³/mol. The summed E-state index contributed by atoms with van der Waals surface area (Å²) in [4.78, 5) is 4.14. The Hall–Kier alpha value is -1.38. The summed E-state index contributed by atoms with van der Waals surface area (Å²) >= 11 is 0. The Morgan fingerprint density at radius 1 is 1.32 bits per heavy atom. The number of aryl methyl sites for hydroxylation is 1. The van der Waals surface area contributed by atoms with E-state index in [9.17, 15) is 0 Å². The highest BCUT2D eigenvalue weighted by Crippen LogP contribution is 2.34. The van der Waals surface area contributed by atoms with Gasteiger partial charge in [-0.25, -0.2) is 9.37 Å². The lowest BCUT2D eigenvalue weighted by Crippen LogP contribution is -2.34. The van der Waals surface area contributed by atoms with Crippen molar-refractivity contribution < 1.29 is 4.39 Å². The third-order valence-corrected chi connectivity index (χ3v) is 3.85. The van der Waals surface area contributed by atoms with Gasteiger partial charge in [0, 0.05) is 17.8 Å². The highest BCUT2D eigenvalue weighted by Gasteiger charge is 2.36. The molecule has 1 heterocycles. The van der Waals surface area contributed by atoms with E-state index in [0.29, 0.717) is 0 Å². The van der Waals surface area contributed by atoms with Crippen molar-refractivity contribution in [2.45, 2.75) is 51.7 Å². The van der Waals surface area contributed by atoms with Gasteiger partial charge in [0.25, 0.3) is 0 Å². The molecule has 19 heavy (non-hydrogen) atoms. The number of nitrogens with zero attached hydrogens (tertiary/aromatic N) is 2. The van der Waals surface area contributed by atoms with Crippen molar-refractivity contribution in [2.75, 3.05) is 0 Å². The van der Waals surface area contributed by atoms with Gasteiger partial charge in [0.05, 0.1) is 6.33 Å². The maximum absolute atomic E-state index is 15.2. The molecule has 0 spiro atoms. The summed E-state index contributed by atoms with van der Waals surface area (Å²) < 4.78 is 16.9. The Morgan fingerprint density at radius 3 is 2.89 bits per heavy atom. The number of aromatic nitrogens is 2. The topological polar surface area (TPSA) is 17.8 Å². The molecule has 104 valence electrons. The summed E-state index contributed by atoms with van der Waals surface area (Å²) in [6.07, 6.45) is 16.3. The fourth-order valence-electron chi connectivity index (χ4n) is 2.56. The smallest absolute Gasteiger partial charge is 0.212 e. The second kappa shape index (κ2) is 6.18. The molecular formula is C16H23FN2. The van der Waals surface area contributed by atoms with Gasteiger partial charge >= 0.3 is 0 Å². The third-order valence-electron chi connectivity index (χ3n) is 3.85. The summed E-state index contributed by atoms with van der Waals surface area (Å²) in [5, 5.41) is 0. The van der Waals surface area contributed by atoms with E-state index in [0.717, 1.165) is 18.5 Å². The lowest BCUT2D eigenvalue weighted by atomic mass is 9.93. The van der Waals surface area contributed by atoms with Gasteiger partial charge in [-0.2, -0.15) is 0 Å². The van der Waals surface area contributed by atoms with Gasteiger partial charge < -0.3 is 0 Å². The van der Waals surface area contributed by atoms with Gasteiger partial charge in [-0.05, 0) is 18.9 Å². The van der Waals surface area contributed by atoms with Gasteiger partial charge in [0.2, 0.25) is 5.79 Å². The number of hydrogen-bond donors (Lipinski definition) is 0. The monoisotopic (exact) mass is 262 g/mol. The Balaban J connectivity index is 2.10. The molecule has 2 unspecified atom stereocenters. The van der Waals surface area contributed by atoms with Crippen molar-refractivity contribution >= 4 is 0 Å². The summed E-state index contributed by atoms with van der Waals surface area (Å²) in [7, 11) is 0. The molecule has 2 rings (SSSR count). The van der Waals surface area contributed by atoms with Gasteiger partial charge in [0.15, 0.2) is 0 Å². The molecule has 0 saturated carbocycles. The molecule has 2 atom stereocenters. The van der Waals surface area contributed by atoms with Crippen LogP contribution in [0, 0.1) is 5.92 Å². The Bertz CT molecular complexity index is 461. The van der Waals surface area contributed by atoms with Crippen molar-refractivity contribution in [3.63, 3.8) is 0 Å². The first kappa shape index (κ1) is 14.0.